The van der Waals surface area contributed by atoms with Crippen LogP contribution in [-0.2, 0) is 16.4 Å². The van der Waals surface area contributed by atoms with Crippen LogP contribution in [0, 0.1) is 17.8 Å². The van der Waals surface area contributed by atoms with E-state index in [0.29, 0.717) is 23.3 Å². The number of carboxylic acids is 1. The first-order valence-electron chi connectivity index (χ1n) is 11.1. The monoisotopic (exact) mass is 442 g/mol. The van der Waals surface area contributed by atoms with Crippen molar-refractivity contribution in [3.63, 3.8) is 0 Å². The summed E-state index contributed by atoms with van der Waals surface area (Å²) in [5.74, 6) is 0.896. The molecule has 6 rings (SSSR count). The van der Waals surface area contributed by atoms with Gasteiger partial charge in [0.2, 0.25) is 0 Å². The number of aromatic hydroxyl groups is 1. The van der Waals surface area contributed by atoms with Crippen molar-refractivity contribution in [1.29, 1.82) is 0 Å². The van der Waals surface area contributed by atoms with Gasteiger partial charge in [-0.1, -0.05) is 18.2 Å². The number of carbonyl (C=O) groups is 1. The molecule has 4 aliphatic carbocycles. The second kappa shape index (κ2) is 7.39. The molecule has 4 fully saturated rings. The van der Waals surface area contributed by atoms with Gasteiger partial charge in [0.1, 0.15) is 5.75 Å². The quantitative estimate of drug-likeness (QED) is 0.522. The Labute approximate surface area is 184 Å². The molecule has 0 spiro atoms. The van der Waals surface area contributed by atoms with Gasteiger partial charge in [0, 0.05) is 11.6 Å². The maximum absolute atomic E-state index is 13.9. The van der Waals surface area contributed by atoms with E-state index < -0.39 is 17.7 Å². The lowest BCUT2D eigenvalue weighted by atomic mass is 9.48. The molecule has 0 atom stereocenters. The number of benzene rings is 2. The largest absolute Gasteiger partial charge is 0.508 e. The molecule has 168 valence electrons. The first-order valence-corrected chi connectivity index (χ1v) is 11.1. The number of rotatable bonds is 4. The van der Waals surface area contributed by atoms with E-state index >= 15 is 0 Å². The highest BCUT2D eigenvalue weighted by Gasteiger charge is 2.52. The van der Waals surface area contributed by atoms with Gasteiger partial charge in [-0.15, -0.1) is 0 Å². The van der Waals surface area contributed by atoms with Gasteiger partial charge in [0.15, 0.2) is 0 Å². The molecular formula is C26H25F3O3. The van der Waals surface area contributed by atoms with Gasteiger partial charge in [-0.25, -0.2) is 4.79 Å². The van der Waals surface area contributed by atoms with Crippen LogP contribution in [0.5, 0.6) is 5.75 Å². The highest BCUT2D eigenvalue weighted by molar-refractivity contribution is 5.85. The Morgan fingerprint density at radius 1 is 0.969 bits per heavy atom. The van der Waals surface area contributed by atoms with E-state index in [4.69, 9.17) is 5.11 Å². The molecule has 3 nitrogen and oxygen atoms in total. The van der Waals surface area contributed by atoms with Gasteiger partial charge >= 0.3 is 12.1 Å². The predicted octanol–water partition coefficient (Wildman–Crippen LogP) is 6.64. The smallest absolute Gasteiger partial charge is 0.417 e. The van der Waals surface area contributed by atoms with Crippen molar-refractivity contribution in [2.24, 2.45) is 17.8 Å². The van der Waals surface area contributed by atoms with Crippen molar-refractivity contribution >= 4 is 12.0 Å². The molecule has 2 N–H and O–H groups in total. The summed E-state index contributed by atoms with van der Waals surface area (Å²) in [7, 11) is 0. The molecule has 0 unspecified atom stereocenters. The fourth-order valence-corrected chi connectivity index (χ4v) is 6.89. The lowest BCUT2D eigenvalue weighted by molar-refractivity contribution is -0.137. The van der Waals surface area contributed by atoms with E-state index in [1.165, 1.54) is 43.5 Å². The minimum Gasteiger partial charge on any atom is -0.508 e. The number of hydrogen-bond acceptors (Lipinski definition) is 2. The lowest BCUT2D eigenvalue weighted by Gasteiger charge is -2.57. The minimum absolute atomic E-state index is 0.0379. The van der Waals surface area contributed by atoms with Crippen LogP contribution in [0.2, 0.25) is 0 Å². The number of carboxylic acid groups (broad SMARTS) is 1. The van der Waals surface area contributed by atoms with Gasteiger partial charge in [0.25, 0.3) is 0 Å². The molecule has 0 saturated heterocycles. The fourth-order valence-electron chi connectivity index (χ4n) is 6.89. The zero-order valence-electron chi connectivity index (χ0n) is 17.5. The van der Waals surface area contributed by atoms with Crippen LogP contribution in [0.15, 0.2) is 42.5 Å². The van der Waals surface area contributed by atoms with E-state index in [2.05, 4.69) is 0 Å². The van der Waals surface area contributed by atoms with Crippen molar-refractivity contribution < 1.29 is 28.2 Å². The highest BCUT2D eigenvalue weighted by atomic mass is 19.4. The van der Waals surface area contributed by atoms with Crippen LogP contribution in [-0.4, -0.2) is 16.2 Å². The van der Waals surface area contributed by atoms with Gasteiger partial charge in [0.05, 0.1) is 5.56 Å². The first-order chi connectivity index (χ1) is 15.1. The summed E-state index contributed by atoms with van der Waals surface area (Å²) in [5, 5.41) is 19.5. The van der Waals surface area contributed by atoms with Crippen LogP contribution >= 0.6 is 0 Å². The average molecular weight is 442 g/mol. The molecule has 4 aliphatic rings. The third kappa shape index (κ3) is 3.70. The number of hydrogen-bond donors (Lipinski definition) is 2. The van der Waals surface area contributed by atoms with E-state index in [0.717, 1.165) is 43.0 Å². The summed E-state index contributed by atoms with van der Waals surface area (Å²) in [5.41, 5.74) is 0.468. The summed E-state index contributed by atoms with van der Waals surface area (Å²) < 4.78 is 41.7. The number of phenols is 1. The molecule has 0 aromatic heterocycles. The molecule has 0 radical (unpaired) electrons. The first kappa shape index (κ1) is 21.1. The Morgan fingerprint density at radius 2 is 1.59 bits per heavy atom. The molecule has 4 bridgehead atoms. The molecule has 0 aliphatic heterocycles. The predicted molar refractivity (Wildman–Crippen MR) is 115 cm³/mol. The molecule has 2 aromatic carbocycles. The summed E-state index contributed by atoms with van der Waals surface area (Å²) >= 11 is 0. The van der Waals surface area contributed by atoms with Crippen LogP contribution in [0.4, 0.5) is 13.2 Å². The number of aliphatic carboxylic acids is 1. The SMILES string of the molecule is O=C(O)/C=C/c1ccc(-c2ccc(O)c(C34CC5CC(CC(C5)C3)C4)c2)c(C(F)(F)F)c1. The average Bonchev–Trinajstić information content (AvgIpc) is 2.71. The highest BCUT2D eigenvalue weighted by Crippen LogP contribution is 2.62. The molecule has 6 heteroatoms. The zero-order valence-corrected chi connectivity index (χ0v) is 17.5. The second-order valence-electron chi connectivity index (χ2n) is 9.90. The van der Waals surface area contributed by atoms with Gasteiger partial charge in [-0.05, 0) is 103 Å². The van der Waals surface area contributed by atoms with Gasteiger partial charge in [-0.2, -0.15) is 13.2 Å². The van der Waals surface area contributed by atoms with Crippen molar-refractivity contribution in [1.82, 2.24) is 0 Å². The van der Waals surface area contributed by atoms with Gasteiger partial charge < -0.3 is 10.2 Å². The summed E-state index contributed by atoms with van der Waals surface area (Å²) in [6.07, 6.45) is 4.10. The van der Waals surface area contributed by atoms with Crippen LogP contribution < -0.4 is 0 Å². The number of halogens is 3. The molecular weight excluding hydrogens is 417 g/mol. The normalized spacial score (nSPS) is 29.0. The Bertz CT molecular complexity index is 1060. The van der Waals surface area contributed by atoms with Crippen molar-refractivity contribution in [2.45, 2.75) is 50.1 Å². The fraction of sp³-hybridized carbons (Fsp3) is 0.423. The van der Waals surface area contributed by atoms with Crippen LogP contribution in [0.25, 0.3) is 17.2 Å². The standard InChI is InChI=1S/C26H25F3O3/c27-26(28,29)21-10-15(2-6-24(31)32)1-4-20(21)19-3-5-23(30)22(11-19)25-12-16-7-17(13-25)9-18(8-16)14-25/h1-6,10-11,16-18,30H,7-9,12-14H2,(H,31,32)/b6-2+. The summed E-state index contributed by atoms with van der Waals surface area (Å²) in [6.45, 7) is 0. The molecule has 32 heavy (non-hydrogen) atoms. The van der Waals surface area contributed by atoms with E-state index in [1.54, 1.807) is 6.07 Å². The second-order valence-corrected chi connectivity index (χ2v) is 9.90. The van der Waals surface area contributed by atoms with E-state index in [1.807, 2.05) is 0 Å². The molecule has 0 heterocycles. The van der Waals surface area contributed by atoms with E-state index in [9.17, 15) is 23.1 Å². The van der Waals surface area contributed by atoms with Crippen molar-refractivity contribution in [3.05, 3.63) is 59.2 Å². The third-order valence-corrected chi connectivity index (χ3v) is 7.68. The number of alkyl halides is 3. The molecule has 4 saturated carbocycles. The van der Waals surface area contributed by atoms with Crippen LogP contribution in [0.1, 0.15) is 55.2 Å². The maximum atomic E-state index is 13.9. The molecule has 0 amide bonds. The van der Waals surface area contributed by atoms with Crippen molar-refractivity contribution in [3.8, 4) is 16.9 Å². The summed E-state index contributed by atoms with van der Waals surface area (Å²) in [6, 6.07) is 8.69. The Balaban J connectivity index is 1.58. The zero-order chi connectivity index (χ0) is 22.7. The van der Waals surface area contributed by atoms with Crippen LogP contribution in [0.3, 0.4) is 0 Å². The van der Waals surface area contributed by atoms with Gasteiger partial charge in [-0.3, -0.25) is 0 Å². The topological polar surface area (TPSA) is 57.5 Å². The maximum Gasteiger partial charge on any atom is 0.417 e. The number of phenolic OH excluding ortho intramolecular Hbond substituents is 1. The summed E-state index contributed by atoms with van der Waals surface area (Å²) in [4.78, 5) is 10.7. The minimum atomic E-state index is -4.60. The van der Waals surface area contributed by atoms with Crippen molar-refractivity contribution in [2.75, 3.05) is 0 Å². The lowest BCUT2D eigenvalue weighted by Crippen LogP contribution is -2.48. The molecule has 2 aromatic rings. The van der Waals surface area contributed by atoms with E-state index in [-0.39, 0.29) is 22.3 Å². The Morgan fingerprint density at radius 3 is 2.16 bits per heavy atom. The Hall–Kier alpha value is -2.76. The third-order valence-electron chi connectivity index (χ3n) is 7.68. The Kier molecular flexibility index (Phi) is 4.88.